The number of benzene rings is 2. The predicted molar refractivity (Wildman–Crippen MR) is 106 cm³/mol. The molecular weight excluding hydrogens is 394 g/mol. The quantitative estimate of drug-likeness (QED) is 0.781. The fraction of sp³-hybridized carbons (Fsp3) is 0.364. The summed E-state index contributed by atoms with van der Waals surface area (Å²) in [6.45, 7) is 5.39. The Bertz CT molecular complexity index is 920. The number of ether oxygens (including phenoxy) is 1. The maximum absolute atomic E-state index is 13.3. The Morgan fingerprint density at radius 2 is 1.70 bits per heavy atom. The summed E-state index contributed by atoms with van der Waals surface area (Å²) in [4.78, 5) is 27.9. The molecule has 3 rings (SSSR count). The number of carbonyl (C=O) groups excluding carboxylic acids is 1. The summed E-state index contributed by atoms with van der Waals surface area (Å²) in [5, 5.41) is 9.18. The molecule has 8 heteroatoms. The van der Waals surface area contributed by atoms with Crippen molar-refractivity contribution < 1.29 is 28.2 Å². The van der Waals surface area contributed by atoms with Crippen molar-refractivity contribution in [2.24, 2.45) is 0 Å². The highest BCUT2D eigenvalue weighted by atomic mass is 19.1. The van der Waals surface area contributed by atoms with Gasteiger partial charge in [0.25, 0.3) is 5.91 Å². The van der Waals surface area contributed by atoms with Gasteiger partial charge in [-0.25, -0.2) is 13.6 Å². The summed E-state index contributed by atoms with van der Waals surface area (Å²) in [5.74, 6) is -2.61. The van der Waals surface area contributed by atoms with Gasteiger partial charge in [-0.15, -0.1) is 0 Å². The summed E-state index contributed by atoms with van der Waals surface area (Å²) in [5.41, 5.74) is 0.671. The van der Waals surface area contributed by atoms with Crippen molar-refractivity contribution in [1.82, 2.24) is 9.80 Å². The zero-order valence-corrected chi connectivity index (χ0v) is 16.8. The molecule has 1 fully saturated rings. The van der Waals surface area contributed by atoms with E-state index >= 15 is 0 Å². The second-order valence-corrected chi connectivity index (χ2v) is 7.53. The van der Waals surface area contributed by atoms with Crippen LogP contribution >= 0.6 is 0 Å². The molecule has 6 nitrogen and oxygen atoms in total. The van der Waals surface area contributed by atoms with Crippen molar-refractivity contribution in [2.45, 2.75) is 32.5 Å². The number of rotatable bonds is 6. The molecule has 160 valence electrons. The van der Waals surface area contributed by atoms with Crippen LogP contribution in [0.1, 0.15) is 29.8 Å². The number of hydrogen-bond donors (Lipinski definition) is 1. The number of amides is 1. The van der Waals surface area contributed by atoms with Crippen LogP contribution < -0.4 is 4.74 Å². The van der Waals surface area contributed by atoms with Crippen LogP contribution in [-0.4, -0.2) is 58.6 Å². The summed E-state index contributed by atoms with van der Waals surface area (Å²) >= 11 is 0. The number of carbonyl (C=O) groups is 2. The van der Waals surface area contributed by atoms with Crippen molar-refractivity contribution in [3.05, 3.63) is 65.2 Å². The standard InChI is InChI=1S/C22H24F2N2O4/c1-14-11-26(15(2)10-25(14)12-16-3-5-17(23)6-4-16)21(27)13-30-20-8-7-18(24)9-19(20)22(28)29/h3-9,14-15H,10-13H2,1-2H3,(H,28,29)/t14-,15+/m1/s1. The molecule has 30 heavy (non-hydrogen) atoms. The molecule has 2 aromatic rings. The molecule has 1 amide bonds. The van der Waals surface area contributed by atoms with Crippen LogP contribution in [0.5, 0.6) is 5.75 Å². The highest BCUT2D eigenvalue weighted by Crippen LogP contribution is 2.22. The van der Waals surface area contributed by atoms with Crippen LogP contribution in [0.3, 0.4) is 0 Å². The summed E-state index contributed by atoms with van der Waals surface area (Å²) in [7, 11) is 0. The number of aromatic carboxylic acids is 1. The van der Waals surface area contributed by atoms with Gasteiger partial charge in [-0.05, 0) is 49.7 Å². The Hall–Kier alpha value is -3.00. The Labute approximate surface area is 173 Å². The maximum atomic E-state index is 13.3. The van der Waals surface area contributed by atoms with Crippen LogP contribution in [0, 0.1) is 11.6 Å². The van der Waals surface area contributed by atoms with E-state index in [9.17, 15) is 23.5 Å². The van der Waals surface area contributed by atoms with Crippen molar-refractivity contribution in [2.75, 3.05) is 19.7 Å². The molecule has 0 unspecified atom stereocenters. The molecule has 0 radical (unpaired) electrons. The largest absolute Gasteiger partial charge is 0.483 e. The molecule has 1 aliphatic rings. The van der Waals surface area contributed by atoms with E-state index in [1.54, 1.807) is 17.0 Å². The molecule has 0 aromatic heterocycles. The van der Waals surface area contributed by atoms with E-state index in [0.29, 0.717) is 19.6 Å². The first-order valence-corrected chi connectivity index (χ1v) is 9.68. The third-order valence-corrected chi connectivity index (χ3v) is 5.26. The van der Waals surface area contributed by atoms with E-state index in [4.69, 9.17) is 4.74 Å². The van der Waals surface area contributed by atoms with Gasteiger partial charge in [-0.1, -0.05) is 12.1 Å². The average Bonchev–Trinajstić information content (AvgIpc) is 2.70. The smallest absolute Gasteiger partial charge is 0.339 e. The van der Waals surface area contributed by atoms with Crippen molar-refractivity contribution >= 4 is 11.9 Å². The topological polar surface area (TPSA) is 70.1 Å². The van der Waals surface area contributed by atoms with Gasteiger partial charge >= 0.3 is 5.97 Å². The highest BCUT2D eigenvalue weighted by Gasteiger charge is 2.32. The Morgan fingerprint density at radius 1 is 1.03 bits per heavy atom. The van der Waals surface area contributed by atoms with E-state index in [0.717, 1.165) is 17.7 Å². The highest BCUT2D eigenvalue weighted by molar-refractivity contribution is 5.91. The lowest BCUT2D eigenvalue weighted by molar-refractivity contribution is -0.139. The minimum absolute atomic E-state index is 0.0482. The normalized spacial score (nSPS) is 19.5. The Morgan fingerprint density at radius 3 is 2.37 bits per heavy atom. The van der Waals surface area contributed by atoms with Gasteiger partial charge in [0.1, 0.15) is 22.9 Å². The van der Waals surface area contributed by atoms with Gasteiger partial charge in [0.2, 0.25) is 0 Å². The van der Waals surface area contributed by atoms with Gasteiger partial charge in [0.15, 0.2) is 6.61 Å². The SMILES string of the molecule is C[C@@H]1CN(C(=O)COc2ccc(F)cc2C(=O)O)[C@@H](C)CN1Cc1ccc(F)cc1. The van der Waals surface area contributed by atoms with E-state index < -0.39 is 11.8 Å². The molecule has 2 atom stereocenters. The second-order valence-electron chi connectivity index (χ2n) is 7.53. The number of piperazine rings is 1. The molecule has 0 aliphatic carbocycles. The number of nitrogens with zero attached hydrogens (tertiary/aromatic N) is 2. The maximum Gasteiger partial charge on any atom is 0.339 e. The fourth-order valence-electron chi connectivity index (χ4n) is 3.61. The first-order valence-electron chi connectivity index (χ1n) is 9.68. The van der Waals surface area contributed by atoms with Gasteiger partial charge < -0.3 is 14.7 Å². The van der Waals surface area contributed by atoms with Crippen molar-refractivity contribution in [1.29, 1.82) is 0 Å². The zero-order valence-electron chi connectivity index (χ0n) is 16.8. The third-order valence-electron chi connectivity index (χ3n) is 5.26. The molecule has 2 aromatic carbocycles. The van der Waals surface area contributed by atoms with E-state index in [-0.39, 0.29) is 41.7 Å². The molecule has 0 bridgehead atoms. The summed E-state index contributed by atoms with van der Waals surface area (Å²) in [6, 6.07) is 9.52. The monoisotopic (exact) mass is 418 g/mol. The van der Waals surface area contributed by atoms with E-state index in [2.05, 4.69) is 4.90 Å². The van der Waals surface area contributed by atoms with Crippen LogP contribution in [0.15, 0.2) is 42.5 Å². The minimum atomic E-state index is -1.33. The molecule has 1 heterocycles. The fourth-order valence-corrected chi connectivity index (χ4v) is 3.61. The van der Waals surface area contributed by atoms with Gasteiger partial charge in [0, 0.05) is 31.7 Å². The number of carboxylic acids is 1. The van der Waals surface area contributed by atoms with Crippen LogP contribution in [-0.2, 0) is 11.3 Å². The van der Waals surface area contributed by atoms with Gasteiger partial charge in [-0.2, -0.15) is 0 Å². The predicted octanol–water partition coefficient (Wildman–Crippen LogP) is 3.16. The summed E-state index contributed by atoms with van der Waals surface area (Å²) < 4.78 is 31.8. The zero-order chi connectivity index (χ0) is 21.8. The second kappa shape index (κ2) is 9.21. The first kappa shape index (κ1) is 21.7. The lowest BCUT2D eigenvalue weighted by Gasteiger charge is -2.44. The van der Waals surface area contributed by atoms with E-state index in [1.165, 1.54) is 18.2 Å². The molecular formula is C22H24F2N2O4. The van der Waals surface area contributed by atoms with Crippen LogP contribution in [0.2, 0.25) is 0 Å². The van der Waals surface area contributed by atoms with Crippen molar-refractivity contribution in [3.8, 4) is 5.75 Å². The molecule has 1 aliphatic heterocycles. The Kier molecular flexibility index (Phi) is 6.66. The average molecular weight is 418 g/mol. The summed E-state index contributed by atoms with van der Waals surface area (Å²) in [6.07, 6.45) is 0. The molecule has 0 saturated carbocycles. The molecule has 1 N–H and O–H groups in total. The van der Waals surface area contributed by atoms with Crippen molar-refractivity contribution in [3.63, 3.8) is 0 Å². The minimum Gasteiger partial charge on any atom is -0.483 e. The van der Waals surface area contributed by atoms with Crippen LogP contribution in [0.4, 0.5) is 8.78 Å². The van der Waals surface area contributed by atoms with Crippen LogP contribution in [0.25, 0.3) is 0 Å². The van der Waals surface area contributed by atoms with Gasteiger partial charge in [0.05, 0.1) is 0 Å². The Balaban J connectivity index is 1.60. The molecule has 1 saturated heterocycles. The first-order chi connectivity index (χ1) is 14.2. The number of carboxylic acid groups (broad SMARTS) is 1. The number of hydrogen-bond acceptors (Lipinski definition) is 4. The lowest BCUT2D eigenvalue weighted by atomic mass is 10.1. The number of halogens is 2. The lowest BCUT2D eigenvalue weighted by Crippen LogP contribution is -2.58. The van der Waals surface area contributed by atoms with E-state index in [1.807, 2.05) is 13.8 Å². The van der Waals surface area contributed by atoms with Gasteiger partial charge in [-0.3, -0.25) is 9.69 Å². The molecule has 0 spiro atoms. The third kappa shape index (κ3) is 5.13.